The molecular formula is C10H12N2. The summed E-state index contributed by atoms with van der Waals surface area (Å²) in [4.78, 5) is 7.93. The van der Waals surface area contributed by atoms with Gasteiger partial charge in [-0.05, 0) is 38.3 Å². The third-order valence-electron chi connectivity index (χ3n) is 1.79. The zero-order valence-corrected chi connectivity index (χ0v) is 7.41. The highest BCUT2D eigenvalue weighted by Gasteiger charge is 2.00. The van der Waals surface area contributed by atoms with Crippen LogP contribution in [0.25, 0.3) is 5.57 Å². The van der Waals surface area contributed by atoms with E-state index in [0.717, 1.165) is 5.56 Å². The minimum atomic E-state index is 0.702. The van der Waals surface area contributed by atoms with Gasteiger partial charge in [0.25, 0.3) is 0 Å². The molecule has 0 aliphatic heterocycles. The van der Waals surface area contributed by atoms with Gasteiger partial charge in [0.1, 0.15) is 0 Å². The van der Waals surface area contributed by atoms with Crippen LogP contribution in [0.3, 0.4) is 0 Å². The Morgan fingerprint density at radius 3 is 3.00 bits per heavy atom. The molecule has 12 heavy (non-hydrogen) atoms. The molecule has 62 valence electrons. The van der Waals surface area contributed by atoms with E-state index in [1.807, 2.05) is 32.1 Å². The van der Waals surface area contributed by atoms with Gasteiger partial charge in [0.15, 0.2) is 5.82 Å². The molecule has 2 nitrogen and oxygen atoms in total. The Kier molecular flexibility index (Phi) is 2.75. The molecule has 0 aliphatic carbocycles. The highest BCUT2D eigenvalue weighted by atomic mass is 14.9. The van der Waals surface area contributed by atoms with E-state index in [4.69, 9.17) is 0 Å². The van der Waals surface area contributed by atoms with Crippen LogP contribution < -0.4 is 0 Å². The number of hydrogen-bond donors (Lipinski definition) is 0. The topological polar surface area (TPSA) is 25.2 Å². The highest BCUT2D eigenvalue weighted by molar-refractivity contribution is 5.71. The minimum Gasteiger partial charge on any atom is -0.245 e. The molecule has 1 aromatic rings. The molecule has 0 N–H and O–H groups in total. The van der Waals surface area contributed by atoms with Crippen molar-refractivity contribution in [3.05, 3.63) is 30.0 Å². The van der Waals surface area contributed by atoms with Crippen LogP contribution in [-0.2, 0) is 0 Å². The lowest BCUT2D eigenvalue weighted by Gasteiger charge is -2.02. The summed E-state index contributed by atoms with van der Waals surface area (Å²) in [5, 5.41) is 0. The van der Waals surface area contributed by atoms with Crippen molar-refractivity contribution >= 4 is 18.1 Å². The Bertz CT molecular complexity index is 313. The van der Waals surface area contributed by atoms with Crippen molar-refractivity contribution in [1.29, 1.82) is 0 Å². The molecule has 0 atom stereocenters. The first kappa shape index (κ1) is 8.65. The molecular weight excluding hydrogens is 148 g/mol. The molecule has 1 heterocycles. The van der Waals surface area contributed by atoms with Crippen LogP contribution in [0.5, 0.6) is 0 Å². The van der Waals surface area contributed by atoms with Crippen molar-refractivity contribution in [2.24, 2.45) is 4.99 Å². The average molecular weight is 160 g/mol. The summed E-state index contributed by atoms with van der Waals surface area (Å²) in [5.74, 6) is 0.702. The predicted octanol–water partition coefficient (Wildman–Crippen LogP) is 2.84. The third kappa shape index (κ3) is 1.59. The van der Waals surface area contributed by atoms with Gasteiger partial charge in [-0.3, -0.25) is 0 Å². The van der Waals surface area contributed by atoms with Crippen LogP contribution in [0.1, 0.15) is 19.4 Å². The van der Waals surface area contributed by atoms with Crippen LogP contribution in [0.2, 0.25) is 0 Å². The van der Waals surface area contributed by atoms with E-state index in [0.29, 0.717) is 5.82 Å². The molecule has 0 saturated heterocycles. The Morgan fingerprint density at radius 1 is 1.67 bits per heavy atom. The second-order valence-corrected chi connectivity index (χ2v) is 2.50. The molecule has 1 rings (SSSR count). The van der Waals surface area contributed by atoms with Crippen LogP contribution in [0.15, 0.2) is 29.4 Å². The second-order valence-electron chi connectivity index (χ2n) is 2.50. The molecule has 0 fully saturated rings. The first-order valence-electron chi connectivity index (χ1n) is 3.84. The summed E-state index contributed by atoms with van der Waals surface area (Å²) >= 11 is 0. The monoisotopic (exact) mass is 160 g/mol. The van der Waals surface area contributed by atoms with Crippen molar-refractivity contribution in [3.8, 4) is 0 Å². The molecule has 1 aromatic heterocycles. The first-order chi connectivity index (χ1) is 5.79. The number of hydrogen-bond acceptors (Lipinski definition) is 2. The number of allylic oxidation sites excluding steroid dienone is 2. The molecule has 0 aromatic carbocycles. The predicted molar refractivity (Wildman–Crippen MR) is 52.8 cm³/mol. The van der Waals surface area contributed by atoms with Gasteiger partial charge in [-0.2, -0.15) is 0 Å². The zero-order valence-electron chi connectivity index (χ0n) is 7.41. The standard InChI is InChI=1S/C10H12N2/c1-4-8(2)9-6-5-7-12-10(9)11-3/h4-7H,3H2,1-2H3/b8-4-. The van der Waals surface area contributed by atoms with Crippen molar-refractivity contribution in [2.45, 2.75) is 13.8 Å². The maximum absolute atomic E-state index is 4.10. The number of rotatable bonds is 2. The Hall–Kier alpha value is -1.44. The maximum atomic E-state index is 4.10. The summed E-state index contributed by atoms with van der Waals surface area (Å²) < 4.78 is 0. The largest absolute Gasteiger partial charge is 0.245 e. The first-order valence-corrected chi connectivity index (χ1v) is 3.84. The Labute approximate surface area is 72.7 Å². The van der Waals surface area contributed by atoms with Crippen LogP contribution in [0, 0.1) is 0 Å². The van der Waals surface area contributed by atoms with E-state index < -0.39 is 0 Å². The van der Waals surface area contributed by atoms with Gasteiger partial charge in [0, 0.05) is 11.8 Å². The summed E-state index contributed by atoms with van der Waals surface area (Å²) in [6.07, 6.45) is 3.75. The summed E-state index contributed by atoms with van der Waals surface area (Å²) in [6.45, 7) is 7.50. The van der Waals surface area contributed by atoms with Crippen LogP contribution >= 0.6 is 0 Å². The third-order valence-corrected chi connectivity index (χ3v) is 1.79. The lowest BCUT2D eigenvalue weighted by Crippen LogP contribution is -1.82. The molecule has 0 radical (unpaired) electrons. The molecule has 0 bridgehead atoms. The number of nitrogens with zero attached hydrogens (tertiary/aromatic N) is 2. The average Bonchev–Trinajstić information content (AvgIpc) is 2.16. The van der Waals surface area contributed by atoms with Crippen LogP contribution in [-0.4, -0.2) is 11.7 Å². The van der Waals surface area contributed by atoms with E-state index in [-0.39, 0.29) is 0 Å². The maximum Gasteiger partial charge on any atom is 0.158 e. The van der Waals surface area contributed by atoms with Gasteiger partial charge in [-0.15, -0.1) is 0 Å². The van der Waals surface area contributed by atoms with E-state index in [2.05, 4.69) is 16.7 Å². The summed E-state index contributed by atoms with van der Waals surface area (Å²) in [6, 6.07) is 3.89. The molecule has 0 amide bonds. The van der Waals surface area contributed by atoms with Gasteiger partial charge in [0.05, 0.1) is 0 Å². The van der Waals surface area contributed by atoms with Gasteiger partial charge in [0.2, 0.25) is 0 Å². The van der Waals surface area contributed by atoms with E-state index in [9.17, 15) is 0 Å². The van der Waals surface area contributed by atoms with Gasteiger partial charge >= 0.3 is 0 Å². The lowest BCUT2D eigenvalue weighted by atomic mass is 10.1. The Morgan fingerprint density at radius 2 is 2.42 bits per heavy atom. The lowest BCUT2D eigenvalue weighted by molar-refractivity contribution is 1.26. The summed E-state index contributed by atoms with van der Waals surface area (Å²) in [5.41, 5.74) is 2.22. The smallest absolute Gasteiger partial charge is 0.158 e. The normalized spacial score (nSPS) is 11.3. The quantitative estimate of drug-likeness (QED) is 0.611. The SMILES string of the molecule is C=Nc1ncccc1/C(C)=C\C. The number of aromatic nitrogens is 1. The van der Waals surface area contributed by atoms with Gasteiger partial charge in [-0.1, -0.05) is 6.08 Å². The van der Waals surface area contributed by atoms with Crippen molar-refractivity contribution < 1.29 is 0 Å². The van der Waals surface area contributed by atoms with Crippen molar-refractivity contribution in [3.63, 3.8) is 0 Å². The minimum absolute atomic E-state index is 0.702. The van der Waals surface area contributed by atoms with Gasteiger partial charge < -0.3 is 0 Å². The molecule has 0 spiro atoms. The molecule has 2 heteroatoms. The van der Waals surface area contributed by atoms with Crippen molar-refractivity contribution in [1.82, 2.24) is 4.98 Å². The second kappa shape index (κ2) is 3.81. The fraction of sp³-hybridized carbons (Fsp3) is 0.200. The molecule has 0 saturated carbocycles. The summed E-state index contributed by atoms with van der Waals surface area (Å²) in [7, 11) is 0. The number of pyridine rings is 1. The zero-order chi connectivity index (χ0) is 8.97. The van der Waals surface area contributed by atoms with Crippen LogP contribution in [0.4, 0.5) is 5.82 Å². The fourth-order valence-corrected chi connectivity index (χ4v) is 0.986. The van der Waals surface area contributed by atoms with E-state index in [1.54, 1.807) is 6.20 Å². The Balaban J connectivity index is 3.22. The van der Waals surface area contributed by atoms with E-state index in [1.165, 1.54) is 5.57 Å². The van der Waals surface area contributed by atoms with Gasteiger partial charge in [-0.25, -0.2) is 9.98 Å². The molecule has 0 unspecified atom stereocenters. The fourth-order valence-electron chi connectivity index (χ4n) is 0.986. The highest BCUT2D eigenvalue weighted by Crippen LogP contribution is 2.22. The molecule has 0 aliphatic rings. The number of aliphatic imine (C=N–C) groups is 1. The van der Waals surface area contributed by atoms with E-state index >= 15 is 0 Å². The van der Waals surface area contributed by atoms with Crippen molar-refractivity contribution in [2.75, 3.05) is 0 Å².